The van der Waals surface area contributed by atoms with E-state index in [9.17, 15) is 5.26 Å². The first-order valence-corrected chi connectivity index (χ1v) is 10.2. The smallest absolute Gasteiger partial charge is 0.109 e. The van der Waals surface area contributed by atoms with Gasteiger partial charge in [-0.05, 0) is 94.3 Å². The summed E-state index contributed by atoms with van der Waals surface area (Å²) in [6.07, 6.45) is 1.89. The molecule has 142 valence electrons. The Morgan fingerprint density at radius 2 is 1.37 bits per heavy atom. The van der Waals surface area contributed by atoms with Gasteiger partial charge >= 0.3 is 0 Å². The van der Waals surface area contributed by atoms with Gasteiger partial charge in [-0.15, -0.1) is 0 Å². The predicted molar refractivity (Wildman–Crippen MR) is 114 cm³/mol. The van der Waals surface area contributed by atoms with Gasteiger partial charge in [0.1, 0.15) is 5.41 Å². The Morgan fingerprint density at radius 1 is 0.889 bits per heavy atom. The van der Waals surface area contributed by atoms with Crippen molar-refractivity contribution < 1.29 is 0 Å². The van der Waals surface area contributed by atoms with Gasteiger partial charge < -0.3 is 0 Å². The zero-order chi connectivity index (χ0) is 19.8. The SMILES string of the molecule is Cc1cccc2c1C(C#N)(CCCN(C(C)C)C(C)C)c1c(C)cccc1-2. The molecule has 3 rings (SSSR count). The molecule has 0 saturated carbocycles. The van der Waals surface area contributed by atoms with Crippen molar-refractivity contribution in [3.63, 3.8) is 0 Å². The van der Waals surface area contributed by atoms with Gasteiger partial charge in [-0.1, -0.05) is 36.4 Å². The van der Waals surface area contributed by atoms with E-state index in [-0.39, 0.29) is 0 Å². The van der Waals surface area contributed by atoms with Gasteiger partial charge in [0, 0.05) is 12.1 Å². The van der Waals surface area contributed by atoms with Crippen molar-refractivity contribution in [2.75, 3.05) is 6.54 Å². The molecule has 0 N–H and O–H groups in total. The molecule has 2 aromatic carbocycles. The van der Waals surface area contributed by atoms with E-state index in [1.165, 1.54) is 33.4 Å². The molecule has 0 amide bonds. The fourth-order valence-electron chi connectivity index (χ4n) is 5.10. The largest absolute Gasteiger partial charge is 0.299 e. The summed E-state index contributed by atoms with van der Waals surface area (Å²) in [5.74, 6) is 0. The highest BCUT2D eigenvalue weighted by Crippen LogP contribution is 2.53. The Bertz CT molecular complexity index is 811. The normalized spacial score (nSPS) is 14.5. The summed E-state index contributed by atoms with van der Waals surface area (Å²) in [5.41, 5.74) is 6.90. The summed E-state index contributed by atoms with van der Waals surface area (Å²) >= 11 is 0. The summed E-state index contributed by atoms with van der Waals surface area (Å²) < 4.78 is 0. The van der Waals surface area contributed by atoms with Gasteiger partial charge in [0.2, 0.25) is 0 Å². The molecule has 0 heterocycles. The van der Waals surface area contributed by atoms with Crippen LogP contribution in [0.5, 0.6) is 0 Å². The lowest BCUT2D eigenvalue weighted by Crippen LogP contribution is -2.38. The van der Waals surface area contributed by atoms with E-state index in [2.05, 4.69) is 88.9 Å². The molecular weight excluding hydrogens is 328 g/mol. The van der Waals surface area contributed by atoms with Gasteiger partial charge in [0.05, 0.1) is 6.07 Å². The van der Waals surface area contributed by atoms with Crippen molar-refractivity contribution in [2.24, 2.45) is 0 Å². The monoisotopic (exact) mass is 360 g/mol. The van der Waals surface area contributed by atoms with E-state index in [0.29, 0.717) is 12.1 Å². The van der Waals surface area contributed by atoms with Crippen LogP contribution in [0.1, 0.15) is 62.8 Å². The first kappa shape index (κ1) is 19.6. The average molecular weight is 361 g/mol. The molecule has 0 bridgehead atoms. The van der Waals surface area contributed by atoms with Crippen LogP contribution < -0.4 is 0 Å². The molecule has 2 heteroatoms. The lowest BCUT2D eigenvalue weighted by atomic mass is 9.73. The number of hydrogen-bond donors (Lipinski definition) is 0. The molecule has 0 fully saturated rings. The molecule has 0 unspecified atom stereocenters. The highest BCUT2D eigenvalue weighted by atomic mass is 15.2. The average Bonchev–Trinajstić information content (AvgIpc) is 2.91. The number of nitriles is 1. The number of fused-ring (bicyclic) bond motifs is 3. The molecule has 0 radical (unpaired) electrons. The summed E-state index contributed by atoms with van der Waals surface area (Å²) in [7, 11) is 0. The van der Waals surface area contributed by atoms with Gasteiger partial charge in [0.25, 0.3) is 0 Å². The Kier molecular flexibility index (Phi) is 5.45. The third-order valence-electron chi connectivity index (χ3n) is 6.17. The van der Waals surface area contributed by atoms with Gasteiger partial charge in [0.15, 0.2) is 0 Å². The van der Waals surface area contributed by atoms with Gasteiger partial charge in [-0.3, -0.25) is 4.90 Å². The summed E-state index contributed by atoms with van der Waals surface area (Å²) in [5, 5.41) is 10.5. The standard InChI is InChI=1S/C25H32N2/c1-17(2)27(18(3)4)15-9-14-25(16-26)23-19(5)10-7-12-21(23)22-13-8-11-20(6)24(22)25/h7-8,10-13,17-18H,9,14-15H2,1-6H3. The van der Waals surface area contributed by atoms with Crippen LogP contribution in [-0.2, 0) is 5.41 Å². The second-order valence-corrected chi connectivity index (χ2v) is 8.54. The first-order valence-electron chi connectivity index (χ1n) is 10.2. The van der Waals surface area contributed by atoms with E-state index in [0.717, 1.165) is 19.4 Å². The quantitative estimate of drug-likeness (QED) is 0.632. The number of hydrogen-bond acceptors (Lipinski definition) is 2. The van der Waals surface area contributed by atoms with Crippen molar-refractivity contribution in [3.05, 3.63) is 58.7 Å². The third kappa shape index (κ3) is 3.19. The molecule has 1 aliphatic rings. The predicted octanol–water partition coefficient (Wildman–Crippen LogP) is 5.99. The van der Waals surface area contributed by atoms with Crippen LogP contribution in [0.2, 0.25) is 0 Å². The first-order chi connectivity index (χ1) is 12.8. The molecule has 0 spiro atoms. The maximum Gasteiger partial charge on any atom is 0.109 e. The van der Waals surface area contributed by atoms with Crippen molar-refractivity contribution >= 4 is 0 Å². The second kappa shape index (κ2) is 7.49. The number of benzene rings is 2. The Hall–Kier alpha value is -2.11. The third-order valence-corrected chi connectivity index (χ3v) is 6.17. The molecule has 27 heavy (non-hydrogen) atoms. The number of aryl methyl sites for hydroxylation is 2. The highest BCUT2D eigenvalue weighted by Gasteiger charge is 2.45. The lowest BCUT2D eigenvalue weighted by molar-refractivity contribution is 0.169. The zero-order valence-corrected chi connectivity index (χ0v) is 17.6. The van der Waals surface area contributed by atoms with Crippen LogP contribution in [0.3, 0.4) is 0 Å². The van der Waals surface area contributed by atoms with E-state index in [4.69, 9.17) is 0 Å². The number of nitrogens with zero attached hydrogens (tertiary/aromatic N) is 2. The van der Waals surface area contributed by atoms with Crippen molar-refractivity contribution in [2.45, 2.75) is 71.9 Å². The topological polar surface area (TPSA) is 27.0 Å². The van der Waals surface area contributed by atoms with Crippen molar-refractivity contribution in [1.29, 1.82) is 5.26 Å². The minimum atomic E-state index is -0.527. The molecule has 2 nitrogen and oxygen atoms in total. The van der Waals surface area contributed by atoms with Gasteiger partial charge in [-0.2, -0.15) is 5.26 Å². The molecular formula is C25H32N2. The lowest BCUT2D eigenvalue weighted by Gasteiger charge is -2.32. The zero-order valence-electron chi connectivity index (χ0n) is 17.6. The van der Waals surface area contributed by atoms with E-state index in [1.54, 1.807) is 0 Å². The van der Waals surface area contributed by atoms with Crippen LogP contribution in [0.25, 0.3) is 11.1 Å². The van der Waals surface area contributed by atoms with Crippen LogP contribution >= 0.6 is 0 Å². The Morgan fingerprint density at radius 3 is 1.78 bits per heavy atom. The fraction of sp³-hybridized carbons (Fsp3) is 0.480. The minimum Gasteiger partial charge on any atom is -0.299 e. The summed E-state index contributed by atoms with van der Waals surface area (Å²) in [6, 6.07) is 16.8. The molecule has 0 aromatic heterocycles. The number of rotatable bonds is 6. The van der Waals surface area contributed by atoms with Gasteiger partial charge in [-0.25, -0.2) is 0 Å². The van der Waals surface area contributed by atoms with E-state index < -0.39 is 5.41 Å². The highest BCUT2D eigenvalue weighted by molar-refractivity contribution is 5.85. The van der Waals surface area contributed by atoms with Crippen LogP contribution in [-0.4, -0.2) is 23.5 Å². The fourth-order valence-corrected chi connectivity index (χ4v) is 5.10. The summed E-state index contributed by atoms with van der Waals surface area (Å²) in [4.78, 5) is 2.53. The van der Waals surface area contributed by atoms with Crippen molar-refractivity contribution in [1.82, 2.24) is 4.90 Å². The van der Waals surface area contributed by atoms with Crippen LogP contribution in [0.4, 0.5) is 0 Å². The van der Waals surface area contributed by atoms with E-state index >= 15 is 0 Å². The van der Waals surface area contributed by atoms with Crippen molar-refractivity contribution in [3.8, 4) is 17.2 Å². The summed E-state index contributed by atoms with van der Waals surface area (Å²) in [6.45, 7) is 14.4. The van der Waals surface area contributed by atoms with Crippen LogP contribution in [0, 0.1) is 25.2 Å². The molecule has 1 aliphatic carbocycles. The molecule has 0 saturated heterocycles. The minimum absolute atomic E-state index is 0.523. The molecule has 2 aromatic rings. The molecule has 0 aliphatic heterocycles. The molecule has 0 atom stereocenters. The second-order valence-electron chi connectivity index (χ2n) is 8.54. The Balaban J connectivity index is 2.03. The van der Waals surface area contributed by atoms with Crippen LogP contribution in [0.15, 0.2) is 36.4 Å². The maximum atomic E-state index is 10.5. The maximum absolute atomic E-state index is 10.5. The Labute approximate surface area is 164 Å². The van der Waals surface area contributed by atoms with E-state index in [1.807, 2.05) is 0 Å².